The Kier molecular flexibility index (Phi) is 4.95. The molecule has 0 atom stereocenters. The summed E-state index contributed by atoms with van der Waals surface area (Å²) in [4.78, 5) is 21.9. The van der Waals surface area contributed by atoms with Crippen molar-refractivity contribution < 1.29 is 14.8 Å². The van der Waals surface area contributed by atoms with Gasteiger partial charge in [0.2, 0.25) is 0 Å². The quantitative estimate of drug-likeness (QED) is 0.362. The summed E-state index contributed by atoms with van der Waals surface area (Å²) in [5.74, 6) is -1.17. The van der Waals surface area contributed by atoms with E-state index < -0.39 is 10.9 Å². The molecular weight excluding hydrogens is 374 g/mol. The number of halogens is 2. The summed E-state index contributed by atoms with van der Waals surface area (Å²) in [6, 6.07) is 10.7. The largest absolute Gasteiger partial charge is 0.478 e. The monoisotopic (exact) mass is 381 g/mol. The van der Waals surface area contributed by atoms with Crippen LogP contribution in [-0.4, -0.2) is 16.0 Å². The highest BCUT2D eigenvalue weighted by Crippen LogP contribution is 2.28. The average Bonchev–Trinajstić information content (AvgIpc) is 2.46. The van der Waals surface area contributed by atoms with Crippen LogP contribution in [0.4, 0.5) is 5.69 Å². The summed E-state index contributed by atoms with van der Waals surface area (Å²) in [5.41, 5.74) is 0.330. The molecule has 0 aromatic heterocycles. The first-order chi connectivity index (χ1) is 10.4. The van der Waals surface area contributed by atoms with Gasteiger partial charge in [-0.25, -0.2) is 4.79 Å². The molecule has 2 aromatic carbocycles. The summed E-state index contributed by atoms with van der Waals surface area (Å²) in [7, 11) is 0. The Morgan fingerprint density at radius 2 is 1.86 bits per heavy atom. The first kappa shape index (κ1) is 16.2. The first-order valence-electron chi connectivity index (χ1n) is 6.03. The lowest BCUT2D eigenvalue weighted by molar-refractivity contribution is -0.385. The van der Waals surface area contributed by atoms with Gasteiger partial charge in [0.25, 0.3) is 5.69 Å². The minimum Gasteiger partial charge on any atom is -0.478 e. The zero-order valence-corrected chi connectivity index (χ0v) is 13.3. The summed E-state index contributed by atoms with van der Waals surface area (Å²) in [5, 5.41) is 20.6. The SMILES string of the molecule is O=C(O)/C(=C/c1ccc(Cl)cc1[N+](=O)[O-])c1ccc(Br)cc1. The Morgan fingerprint density at radius 3 is 2.41 bits per heavy atom. The third-order valence-corrected chi connectivity index (χ3v) is 3.64. The van der Waals surface area contributed by atoms with Crippen molar-refractivity contribution in [3.63, 3.8) is 0 Å². The van der Waals surface area contributed by atoms with Crippen LogP contribution in [0.2, 0.25) is 5.02 Å². The number of hydrogen-bond acceptors (Lipinski definition) is 3. The molecule has 22 heavy (non-hydrogen) atoms. The van der Waals surface area contributed by atoms with Gasteiger partial charge in [-0.15, -0.1) is 0 Å². The van der Waals surface area contributed by atoms with Crippen molar-refractivity contribution in [3.8, 4) is 0 Å². The second-order valence-corrected chi connectivity index (χ2v) is 5.68. The molecular formula is C15H9BrClNO4. The van der Waals surface area contributed by atoms with Crippen LogP contribution in [0.25, 0.3) is 11.6 Å². The first-order valence-corrected chi connectivity index (χ1v) is 7.20. The third kappa shape index (κ3) is 3.72. The van der Waals surface area contributed by atoms with E-state index in [-0.39, 0.29) is 21.8 Å². The number of carboxylic acids is 1. The summed E-state index contributed by atoms with van der Waals surface area (Å²) in [6.07, 6.45) is 1.26. The Labute approximate surface area is 139 Å². The van der Waals surface area contributed by atoms with Crippen molar-refractivity contribution >= 4 is 50.8 Å². The molecule has 0 bridgehead atoms. The fraction of sp³-hybridized carbons (Fsp3) is 0. The van der Waals surface area contributed by atoms with E-state index in [0.717, 1.165) is 4.47 Å². The lowest BCUT2D eigenvalue weighted by Gasteiger charge is -2.04. The highest BCUT2D eigenvalue weighted by Gasteiger charge is 2.16. The van der Waals surface area contributed by atoms with Crippen molar-refractivity contribution in [3.05, 3.63) is 73.2 Å². The fourth-order valence-electron chi connectivity index (χ4n) is 1.85. The Balaban J connectivity index is 2.59. The normalized spacial score (nSPS) is 11.3. The standard InChI is InChI=1S/C15H9BrClNO4/c16-11-4-1-9(2-5-11)13(15(19)20)7-10-3-6-12(17)8-14(10)18(21)22/h1-8H,(H,19,20)/b13-7+. The lowest BCUT2D eigenvalue weighted by atomic mass is 10.0. The van der Waals surface area contributed by atoms with E-state index in [4.69, 9.17) is 11.6 Å². The lowest BCUT2D eigenvalue weighted by Crippen LogP contribution is -2.00. The van der Waals surface area contributed by atoms with Gasteiger partial charge in [-0.1, -0.05) is 39.7 Å². The van der Waals surface area contributed by atoms with Gasteiger partial charge >= 0.3 is 5.97 Å². The van der Waals surface area contributed by atoms with E-state index in [0.29, 0.717) is 5.56 Å². The molecule has 7 heteroatoms. The second kappa shape index (κ2) is 6.72. The Bertz CT molecular complexity index is 772. The molecule has 0 saturated heterocycles. The zero-order valence-electron chi connectivity index (χ0n) is 11.0. The van der Waals surface area contributed by atoms with Crippen LogP contribution in [-0.2, 0) is 4.79 Å². The predicted octanol–water partition coefficient (Wildman–Crippen LogP) is 4.64. The maximum atomic E-state index is 11.5. The number of benzene rings is 2. The number of carbonyl (C=O) groups is 1. The molecule has 0 saturated carbocycles. The predicted molar refractivity (Wildman–Crippen MR) is 87.8 cm³/mol. The van der Waals surface area contributed by atoms with Crippen LogP contribution in [0, 0.1) is 10.1 Å². The van der Waals surface area contributed by atoms with Gasteiger partial charge in [-0.05, 0) is 35.9 Å². The van der Waals surface area contributed by atoms with Crippen molar-refractivity contribution in [1.29, 1.82) is 0 Å². The maximum absolute atomic E-state index is 11.5. The van der Waals surface area contributed by atoms with Gasteiger partial charge in [-0.2, -0.15) is 0 Å². The van der Waals surface area contributed by atoms with Crippen molar-refractivity contribution in [2.75, 3.05) is 0 Å². The zero-order chi connectivity index (χ0) is 16.3. The molecule has 2 aromatic rings. The van der Waals surface area contributed by atoms with Gasteiger partial charge in [-0.3, -0.25) is 10.1 Å². The highest BCUT2D eigenvalue weighted by molar-refractivity contribution is 9.10. The van der Waals surface area contributed by atoms with Crippen molar-refractivity contribution in [1.82, 2.24) is 0 Å². The molecule has 5 nitrogen and oxygen atoms in total. The minimum atomic E-state index is -1.17. The topological polar surface area (TPSA) is 80.4 Å². The maximum Gasteiger partial charge on any atom is 0.336 e. The van der Waals surface area contributed by atoms with Gasteiger partial charge in [0, 0.05) is 15.6 Å². The molecule has 0 aliphatic rings. The van der Waals surface area contributed by atoms with Crippen LogP contribution < -0.4 is 0 Å². The fourth-order valence-corrected chi connectivity index (χ4v) is 2.28. The molecule has 0 aliphatic carbocycles. The van der Waals surface area contributed by atoms with Crippen LogP contribution in [0.15, 0.2) is 46.9 Å². The number of nitro groups is 1. The van der Waals surface area contributed by atoms with Gasteiger partial charge in [0.15, 0.2) is 0 Å². The van der Waals surface area contributed by atoms with Crippen LogP contribution in [0.5, 0.6) is 0 Å². The van der Waals surface area contributed by atoms with Crippen molar-refractivity contribution in [2.45, 2.75) is 0 Å². The molecule has 2 rings (SSSR count). The van der Waals surface area contributed by atoms with Crippen LogP contribution in [0.3, 0.4) is 0 Å². The van der Waals surface area contributed by atoms with Crippen LogP contribution in [0.1, 0.15) is 11.1 Å². The molecule has 0 radical (unpaired) electrons. The van der Waals surface area contributed by atoms with Gasteiger partial charge < -0.3 is 5.11 Å². The molecule has 0 fully saturated rings. The number of aliphatic carboxylic acids is 1. The number of nitro benzene ring substituents is 1. The molecule has 0 aliphatic heterocycles. The Hall–Kier alpha value is -2.18. The summed E-state index contributed by atoms with van der Waals surface area (Å²) in [6.45, 7) is 0. The van der Waals surface area contributed by atoms with E-state index >= 15 is 0 Å². The minimum absolute atomic E-state index is 0.0436. The van der Waals surface area contributed by atoms with E-state index in [1.165, 1.54) is 24.3 Å². The summed E-state index contributed by atoms with van der Waals surface area (Å²) < 4.78 is 0.804. The number of rotatable bonds is 4. The van der Waals surface area contributed by atoms with E-state index in [2.05, 4.69) is 15.9 Å². The molecule has 0 heterocycles. The van der Waals surface area contributed by atoms with Crippen molar-refractivity contribution in [2.24, 2.45) is 0 Å². The molecule has 0 unspecified atom stereocenters. The highest BCUT2D eigenvalue weighted by atomic mass is 79.9. The van der Waals surface area contributed by atoms with E-state index in [1.807, 2.05) is 0 Å². The molecule has 0 spiro atoms. The number of nitrogens with zero attached hydrogens (tertiary/aromatic N) is 1. The van der Waals surface area contributed by atoms with Gasteiger partial charge in [0.05, 0.1) is 16.1 Å². The number of hydrogen-bond donors (Lipinski definition) is 1. The van der Waals surface area contributed by atoms with E-state index in [1.54, 1.807) is 24.3 Å². The summed E-state index contributed by atoms with van der Waals surface area (Å²) >= 11 is 9.01. The number of carboxylic acid groups (broad SMARTS) is 1. The molecule has 112 valence electrons. The van der Waals surface area contributed by atoms with Gasteiger partial charge in [0.1, 0.15) is 0 Å². The van der Waals surface area contributed by atoms with Crippen LogP contribution >= 0.6 is 27.5 Å². The molecule has 1 N–H and O–H groups in total. The third-order valence-electron chi connectivity index (χ3n) is 2.87. The molecule has 0 amide bonds. The second-order valence-electron chi connectivity index (χ2n) is 4.33. The Morgan fingerprint density at radius 1 is 1.23 bits per heavy atom. The van der Waals surface area contributed by atoms with E-state index in [9.17, 15) is 20.0 Å². The smallest absolute Gasteiger partial charge is 0.336 e. The average molecular weight is 383 g/mol.